The quantitative estimate of drug-likeness (QED) is 0.749. The molecule has 1 aromatic heterocycles. The van der Waals surface area contributed by atoms with Gasteiger partial charge < -0.3 is 19.5 Å². The highest BCUT2D eigenvalue weighted by Gasteiger charge is 2.24. The molecule has 1 aliphatic carbocycles. The number of benzene rings is 1. The van der Waals surface area contributed by atoms with Crippen LogP contribution >= 0.6 is 0 Å². The molecule has 8 nitrogen and oxygen atoms in total. The summed E-state index contributed by atoms with van der Waals surface area (Å²) in [5.74, 6) is -0.357. The summed E-state index contributed by atoms with van der Waals surface area (Å²) >= 11 is 0. The normalized spacial score (nSPS) is 14.1. The molecular formula is C20H25N3O5. The summed E-state index contributed by atoms with van der Waals surface area (Å²) in [6.45, 7) is -0.316. The first-order valence-electron chi connectivity index (χ1n) is 9.28. The van der Waals surface area contributed by atoms with Crippen molar-refractivity contribution in [2.45, 2.75) is 38.3 Å². The molecule has 0 atom stereocenters. The number of aromatic nitrogens is 2. The molecular weight excluding hydrogens is 362 g/mol. The molecule has 2 aromatic rings. The Balaban J connectivity index is 1.81. The van der Waals surface area contributed by atoms with Crippen molar-refractivity contribution in [3.05, 3.63) is 41.7 Å². The van der Waals surface area contributed by atoms with Gasteiger partial charge in [0.2, 0.25) is 0 Å². The molecule has 8 heteroatoms. The fourth-order valence-corrected chi connectivity index (χ4v) is 3.53. The molecule has 1 fully saturated rings. The van der Waals surface area contributed by atoms with Crippen molar-refractivity contribution in [1.29, 1.82) is 0 Å². The van der Waals surface area contributed by atoms with E-state index in [1.165, 1.54) is 19.1 Å². The van der Waals surface area contributed by atoms with Crippen molar-refractivity contribution in [2.24, 2.45) is 0 Å². The van der Waals surface area contributed by atoms with Crippen molar-refractivity contribution < 1.29 is 24.2 Å². The third kappa shape index (κ3) is 4.62. The summed E-state index contributed by atoms with van der Waals surface area (Å²) in [4.78, 5) is 25.5. The van der Waals surface area contributed by atoms with E-state index in [0.717, 1.165) is 25.7 Å². The highest BCUT2D eigenvalue weighted by Crippen LogP contribution is 2.29. The molecule has 1 aliphatic rings. The van der Waals surface area contributed by atoms with Crippen LogP contribution < -0.4 is 9.47 Å². The van der Waals surface area contributed by atoms with Crippen molar-refractivity contribution in [3.8, 4) is 11.5 Å². The lowest BCUT2D eigenvalue weighted by Gasteiger charge is -2.20. The third-order valence-corrected chi connectivity index (χ3v) is 4.92. The summed E-state index contributed by atoms with van der Waals surface area (Å²) in [7, 11) is 3.07. The zero-order chi connectivity index (χ0) is 20.1. The van der Waals surface area contributed by atoms with Crippen LogP contribution in [0.1, 0.15) is 47.8 Å². The summed E-state index contributed by atoms with van der Waals surface area (Å²) in [5, 5.41) is 13.7. The van der Waals surface area contributed by atoms with Gasteiger partial charge in [0, 0.05) is 18.8 Å². The lowest BCUT2D eigenvalue weighted by Crippen LogP contribution is -2.35. The first kappa shape index (κ1) is 19.7. The Bertz CT molecular complexity index is 820. The van der Waals surface area contributed by atoms with Crippen molar-refractivity contribution in [1.82, 2.24) is 14.7 Å². The van der Waals surface area contributed by atoms with Gasteiger partial charge in [0.15, 0.2) is 0 Å². The first-order valence-corrected chi connectivity index (χ1v) is 9.28. The Hall–Kier alpha value is -3.03. The molecule has 0 aliphatic heterocycles. The highest BCUT2D eigenvalue weighted by molar-refractivity contribution is 5.94. The zero-order valence-corrected chi connectivity index (χ0v) is 16.1. The molecule has 0 unspecified atom stereocenters. The maximum atomic E-state index is 12.9. The fraction of sp³-hybridized carbons (Fsp3) is 0.450. The average molecular weight is 387 g/mol. The van der Waals surface area contributed by atoms with Crippen molar-refractivity contribution in [3.63, 3.8) is 0 Å². The maximum absolute atomic E-state index is 12.9. The predicted molar refractivity (Wildman–Crippen MR) is 102 cm³/mol. The Morgan fingerprint density at radius 3 is 2.39 bits per heavy atom. The van der Waals surface area contributed by atoms with Crippen LogP contribution in [0.3, 0.4) is 0 Å². The molecule has 1 aromatic carbocycles. The number of rotatable bonds is 8. The predicted octanol–water partition coefficient (Wildman–Crippen LogP) is 2.74. The summed E-state index contributed by atoms with van der Waals surface area (Å²) in [5.41, 5.74) is 0.962. The molecule has 0 saturated heterocycles. The summed E-state index contributed by atoms with van der Waals surface area (Å²) in [6.07, 6.45) is 6.24. The number of ether oxygens (including phenoxy) is 2. The van der Waals surface area contributed by atoms with Crippen LogP contribution in [0.2, 0.25) is 0 Å². The van der Waals surface area contributed by atoms with Gasteiger partial charge in [-0.05, 0) is 36.6 Å². The summed E-state index contributed by atoms with van der Waals surface area (Å²) in [6, 6.07) is 7.19. The Labute approximate surface area is 163 Å². The van der Waals surface area contributed by atoms with Gasteiger partial charge in [0.1, 0.15) is 23.7 Å². The van der Waals surface area contributed by atoms with Crippen LogP contribution in [-0.2, 0) is 11.3 Å². The van der Waals surface area contributed by atoms with E-state index in [1.807, 2.05) is 4.68 Å². The fourth-order valence-electron chi connectivity index (χ4n) is 3.53. The van der Waals surface area contributed by atoms with Crippen molar-refractivity contribution in [2.75, 3.05) is 20.8 Å². The maximum Gasteiger partial charge on any atom is 0.323 e. The number of hydrogen-bond donors (Lipinski definition) is 1. The SMILES string of the molecule is COc1cc(CN(CC(=O)O)C(=O)c2ccn(C3CCCC3)n2)cc(OC)c1. The highest BCUT2D eigenvalue weighted by atomic mass is 16.5. The van der Waals surface area contributed by atoms with Gasteiger partial charge in [-0.25, -0.2) is 0 Å². The number of carbonyl (C=O) groups is 2. The smallest absolute Gasteiger partial charge is 0.323 e. The van der Waals surface area contributed by atoms with E-state index in [-0.39, 0.29) is 12.2 Å². The lowest BCUT2D eigenvalue weighted by atomic mass is 10.1. The third-order valence-electron chi connectivity index (χ3n) is 4.92. The van der Waals surface area contributed by atoms with Crippen LogP contribution in [0.5, 0.6) is 11.5 Å². The molecule has 1 amide bonds. The minimum Gasteiger partial charge on any atom is -0.497 e. The first-order chi connectivity index (χ1) is 13.5. The standard InChI is InChI=1S/C20H25N3O5/c1-27-16-9-14(10-17(11-16)28-2)12-22(13-19(24)25)20(26)18-7-8-23(21-18)15-5-3-4-6-15/h7-11,15H,3-6,12-13H2,1-2H3,(H,24,25). The van der Waals surface area contributed by atoms with Crippen molar-refractivity contribution >= 4 is 11.9 Å². The monoisotopic (exact) mass is 387 g/mol. The van der Waals surface area contributed by atoms with Gasteiger partial charge in [-0.1, -0.05) is 12.8 Å². The number of methoxy groups -OCH3 is 2. The minimum atomic E-state index is -1.08. The number of amides is 1. The van der Waals surface area contributed by atoms with E-state index in [0.29, 0.717) is 23.1 Å². The molecule has 1 N–H and O–H groups in total. The molecule has 0 radical (unpaired) electrons. The molecule has 150 valence electrons. The second-order valence-electron chi connectivity index (χ2n) is 6.90. The van der Waals surface area contributed by atoms with E-state index >= 15 is 0 Å². The Morgan fingerprint density at radius 2 is 1.82 bits per heavy atom. The molecule has 3 rings (SSSR count). The topological polar surface area (TPSA) is 93.9 Å². The van der Waals surface area contributed by atoms with E-state index < -0.39 is 18.4 Å². The van der Waals surface area contributed by atoms with Gasteiger partial charge >= 0.3 is 5.97 Å². The van der Waals surface area contributed by atoms with E-state index in [2.05, 4.69) is 5.10 Å². The van der Waals surface area contributed by atoms with Crippen LogP contribution in [0, 0.1) is 0 Å². The van der Waals surface area contributed by atoms with Gasteiger partial charge in [-0.15, -0.1) is 0 Å². The Kier molecular flexibility index (Phi) is 6.18. The van der Waals surface area contributed by atoms with Gasteiger partial charge in [-0.3, -0.25) is 14.3 Å². The second kappa shape index (κ2) is 8.77. The summed E-state index contributed by atoms with van der Waals surface area (Å²) < 4.78 is 12.3. The molecule has 1 saturated carbocycles. The lowest BCUT2D eigenvalue weighted by molar-refractivity contribution is -0.137. The van der Waals surface area contributed by atoms with Crippen LogP contribution in [0.15, 0.2) is 30.5 Å². The largest absolute Gasteiger partial charge is 0.497 e. The van der Waals surface area contributed by atoms with E-state index in [9.17, 15) is 14.7 Å². The molecule has 28 heavy (non-hydrogen) atoms. The van der Waals surface area contributed by atoms with Gasteiger partial charge in [-0.2, -0.15) is 5.10 Å². The number of hydrogen-bond acceptors (Lipinski definition) is 5. The molecule has 0 bridgehead atoms. The van der Waals surface area contributed by atoms with Gasteiger partial charge in [0.05, 0.1) is 20.3 Å². The number of carbonyl (C=O) groups excluding carboxylic acids is 1. The number of carboxylic acids is 1. The van der Waals surface area contributed by atoms with Crippen LogP contribution in [0.4, 0.5) is 0 Å². The Morgan fingerprint density at radius 1 is 1.18 bits per heavy atom. The number of carboxylic acid groups (broad SMARTS) is 1. The number of nitrogens with zero attached hydrogens (tertiary/aromatic N) is 3. The minimum absolute atomic E-state index is 0.106. The van der Waals surface area contributed by atoms with Gasteiger partial charge in [0.25, 0.3) is 5.91 Å². The van der Waals surface area contributed by atoms with E-state index in [4.69, 9.17) is 9.47 Å². The molecule has 1 heterocycles. The number of aliphatic carboxylic acids is 1. The van der Waals surface area contributed by atoms with E-state index in [1.54, 1.807) is 30.5 Å². The second-order valence-corrected chi connectivity index (χ2v) is 6.90. The molecule has 0 spiro atoms. The van der Waals surface area contributed by atoms with Crippen LogP contribution in [0.25, 0.3) is 0 Å². The van der Waals surface area contributed by atoms with Crippen LogP contribution in [-0.4, -0.2) is 52.4 Å². The average Bonchev–Trinajstić information content (AvgIpc) is 3.37. The zero-order valence-electron chi connectivity index (χ0n) is 16.1.